The van der Waals surface area contributed by atoms with E-state index in [-0.39, 0.29) is 23.6 Å². The van der Waals surface area contributed by atoms with Crippen molar-refractivity contribution in [2.24, 2.45) is 0 Å². The maximum absolute atomic E-state index is 12.5. The lowest BCUT2D eigenvalue weighted by Crippen LogP contribution is -2.25. The third-order valence-corrected chi connectivity index (χ3v) is 4.74. The Morgan fingerprint density at radius 1 is 0.655 bits per heavy atom. The Hall–Kier alpha value is -3.73. The van der Waals surface area contributed by atoms with E-state index in [9.17, 15) is 14.4 Å². The predicted octanol–water partition coefficient (Wildman–Crippen LogP) is 4.06. The van der Waals surface area contributed by atoms with Crippen LogP contribution in [0.1, 0.15) is 49.5 Å². The zero-order valence-corrected chi connectivity index (χ0v) is 15.7. The second-order valence-electron chi connectivity index (χ2n) is 7.06. The molecular weight excluding hydrogens is 364 g/mol. The van der Waals surface area contributed by atoms with Crippen LogP contribution in [-0.4, -0.2) is 23.6 Å². The largest absolute Gasteiger partial charge is 0.349 e. The van der Waals surface area contributed by atoms with Gasteiger partial charge in [-0.1, -0.05) is 48.5 Å². The number of carbonyl (C=O) groups is 3. The zero-order valence-electron chi connectivity index (χ0n) is 15.7. The van der Waals surface area contributed by atoms with E-state index < -0.39 is 0 Å². The van der Waals surface area contributed by atoms with E-state index in [1.165, 1.54) is 0 Å². The number of ketones is 1. The van der Waals surface area contributed by atoms with Crippen LogP contribution in [0.4, 0.5) is 5.69 Å². The highest BCUT2D eigenvalue weighted by Crippen LogP contribution is 2.20. The molecule has 5 heteroatoms. The van der Waals surface area contributed by atoms with Gasteiger partial charge in [-0.15, -0.1) is 0 Å². The minimum atomic E-state index is -0.302. The Morgan fingerprint density at radius 2 is 1.28 bits per heavy atom. The van der Waals surface area contributed by atoms with E-state index in [0.717, 1.165) is 12.8 Å². The highest BCUT2D eigenvalue weighted by atomic mass is 16.2. The highest BCUT2D eigenvalue weighted by Gasteiger charge is 2.23. The van der Waals surface area contributed by atoms with E-state index in [1.54, 1.807) is 60.7 Å². The molecule has 0 spiro atoms. The average Bonchev–Trinajstić information content (AvgIpc) is 3.58. The summed E-state index contributed by atoms with van der Waals surface area (Å²) in [7, 11) is 0. The molecule has 5 nitrogen and oxygen atoms in total. The van der Waals surface area contributed by atoms with Crippen LogP contribution in [0.5, 0.6) is 0 Å². The van der Waals surface area contributed by atoms with E-state index in [0.29, 0.717) is 27.9 Å². The first-order chi connectivity index (χ1) is 14.1. The smallest absolute Gasteiger partial charge is 0.255 e. The number of rotatable bonds is 6. The summed E-state index contributed by atoms with van der Waals surface area (Å²) < 4.78 is 0. The molecule has 1 aliphatic rings. The van der Waals surface area contributed by atoms with Gasteiger partial charge < -0.3 is 10.6 Å². The molecule has 1 fully saturated rings. The fraction of sp³-hybridized carbons (Fsp3) is 0.125. The predicted molar refractivity (Wildman–Crippen MR) is 111 cm³/mol. The van der Waals surface area contributed by atoms with Crippen LogP contribution in [0.15, 0.2) is 78.9 Å². The minimum Gasteiger partial charge on any atom is -0.349 e. The molecule has 144 valence electrons. The van der Waals surface area contributed by atoms with Gasteiger partial charge in [0.25, 0.3) is 11.8 Å². The normalized spacial score (nSPS) is 12.8. The standard InChI is InChI=1S/C24H20N2O3/c27-22(16-5-2-1-3-6-16)17-9-11-18(12-10-17)23(28)26-21-8-4-7-19(15-21)24(29)25-20-13-14-20/h1-12,15,20H,13-14H2,(H,25,29)(H,26,28). The monoisotopic (exact) mass is 384 g/mol. The lowest BCUT2D eigenvalue weighted by atomic mass is 10.0. The van der Waals surface area contributed by atoms with Crippen LogP contribution in [0.3, 0.4) is 0 Å². The molecule has 0 aromatic heterocycles. The maximum atomic E-state index is 12.5. The van der Waals surface area contributed by atoms with E-state index in [1.807, 2.05) is 18.2 Å². The zero-order chi connectivity index (χ0) is 20.2. The lowest BCUT2D eigenvalue weighted by Gasteiger charge is -2.08. The summed E-state index contributed by atoms with van der Waals surface area (Å²) in [4.78, 5) is 37.2. The molecule has 1 saturated carbocycles. The molecule has 0 atom stereocenters. The number of hydrogen-bond acceptors (Lipinski definition) is 3. The number of amides is 2. The van der Waals surface area contributed by atoms with Crippen LogP contribution in [0, 0.1) is 0 Å². The molecule has 0 heterocycles. The Kier molecular flexibility index (Phi) is 5.20. The first kappa shape index (κ1) is 18.6. The Bertz CT molecular complexity index is 1050. The topological polar surface area (TPSA) is 75.3 Å². The fourth-order valence-corrected chi connectivity index (χ4v) is 2.97. The minimum absolute atomic E-state index is 0.0908. The molecule has 3 aromatic rings. The van der Waals surface area contributed by atoms with Crippen molar-refractivity contribution >= 4 is 23.3 Å². The van der Waals surface area contributed by atoms with Crippen LogP contribution in [0.25, 0.3) is 0 Å². The number of benzene rings is 3. The Balaban J connectivity index is 1.43. The summed E-state index contributed by atoms with van der Waals surface area (Å²) in [5.41, 5.74) is 2.61. The molecule has 2 amide bonds. The van der Waals surface area contributed by atoms with Crippen molar-refractivity contribution in [3.63, 3.8) is 0 Å². The quantitative estimate of drug-likeness (QED) is 0.629. The fourth-order valence-electron chi connectivity index (χ4n) is 2.97. The highest BCUT2D eigenvalue weighted by molar-refractivity contribution is 6.10. The van der Waals surface area contributed by atoms with Crippen molar-refractivity contribution in [1.29, 1.82) is 0 Å². The van der Waals surface area contributed by atoms with Gasteiger partial charge in [-0.25, -0.2) is 0 Å². The molecule has 1 aliphatic carbocycles. The summed E-state index contributed by atoms with van der Waals surface area (Å²) in [6, 6.07) is 22.6. The molecular formula is C24H20N2O3. The molecule has 29 heavy (non-hydrogen) atoms. The summed E-state index contributed by atoms with van der Waals surface area (Å²) in [5.74, 6) is -0.525. The molecule has 4 rings (SSSR count). The van der Waals surface area contributed by atoms with Crippen molar-refractivity contribution in [3.8, 4) is 0 Å². The summed E-state index contributed by atoms with van der Waals surface area (Å²) in [6.07, 6.45) is 2.04. The molecule has 0 unspecified atom stereocenters. The van der Waals surface area contributed by atoms with Crippen molar-refractivity contribution < 1.29 is 14.4 Å². The van der Waals surface area contributed by atoms with Gasteiger partial charge in [0, 0.05) is 34.0 Å². The van der Waals surface area contributed by atoms with Crippen LogP contribution >= 0.6 is 0 Å². The lowest BCUT2D eigenvalue weighted by molar-refractivity contribution is 0.0949. The Labute approximate surface area is 168 Å². The van der Waals surface area contributed by atoms with Gasteiger partial charge in [-0.3, -0.25) is 14.4 Å². The van der Waals surface area contributed by atoms with Gasteiger partial charge in [-0.2, -0.15) is 0 Å². The van der Waals surface area contributed by atoms with Gasteiger partial charge in [0.2, 0.25) is 0 Å². The molecule has 2 N–H and O–H groups in total. The number of nitrogens with one attached hydrogen (secondary N) is 2. The third-order valence-electron chi connectivity index (χ3n) is 4.74. The van der Waals surface area contributed by atoms with Crippen molar-refractivity contribution in [1.82, 2.24) is 5.32 Å². The van der Waals surface area contributed by atoms with Gasteiger partial charge in [-0.05, 0) is 43.2 Å². The molecule has 3 aromatic carbocycles. The molecule has 0 bridgehead atoms. The maximum Gasteiger partial charge on any atom is 0.255 e. The second-order valence-corrected chi connectivity index (χ2v) is 7.06. The molecule has 0 saturated heterocycles. The first-order valence-corrected chi connectivity index (χ1v) is 9.52. The van der Waals surface area contributed by atoms with E-state index in [4.69, 9.17) is 0 Å². The summed E-state index contributed by atoms with van der Waals surface area (Å²) in [6.45, 7) is 0. The number of carbonyl (C=O) groups excluding carboxylic acids is 3. The van der Waals surface area contributed by atoms with Gasteiger partial charge in [0.1, 0.15) is 0 Å². The van der Waals surface area contributed by atoms with E-state index >= 15 is 0 Å². The van der Waals surface area contributed by atoms with E-state index in [2.05, 4.69) is 10.6 Å². The second kappa shape index (κ2) is 8.10. The van der Waals surface area contributed by atoms with Gasteiger partial charge in [0.15, 0.2) is 5.78 Å². The summed E-state index contributed by atoms with van der Waals surface area (Å²) in [5, 5.41) is 5.73. The number of anilines is 1. The Morgan fingerprint density at radius 3 is 1.97 bits per heavy atom. The van der Waals surface area contributed by atoms with Crippen LogP contribution < -0.4 is 10.6 Å². The van der Waals surface area contributed by atoms with Crippen LogP contribution in [0.2, 0.25) is 0 Å². The SMILES string of the molecule is O=C(Nc1cccc(C(=O)NC2CC2)c1)c1ccc(C(=O)c2ccccc2)cc1. The average molecular weight is 384 g/mol. The molecule has 0 radical (unpaired) electrons. The number of hydrogen-bond donors (Lipinski definition) is 2. The van der Waals surface area contributed by atoms with Crippen molar-refractivity contribution in [2.75, 3.05) is 5.32 Å². The van der Waals surface area contributed by atoms with Gasteiger partial charge in [0.05, 0.1) is 0 Å². The van der Waals surface area contributed by atoms with Crippen molar-refractivity contribution in [2.45, 2.75) is 18.9 Å². The third kappa shape index (κ3) is 4.58. The van der Waals surface area contributed by atoms with Crippen LogP contribution in [-0.2, 0) is 0 Å². The summed E-state index contributed by atoms with van der Waals surface area (Å²) >= 11 is 0. The van der Waals surface area contributed by atoms with Gasteiger partial charge >= 0.3 is 0 Å². The first-order valence-electron chi connectivity index (χ1n) is 9.52. The van der Waals surface area contributed by atoms with Crippen molar-refractivity contribution in [3.05, 3.63) is 101 Å². The molecule has 0 aliphatic heterocycles.